The van der Waals surface area contributed by atoms with Crippen LogP contribution in [0.5, 0.6) is 5.75 Å². The Morgan fingerprint density at radius 2 is 1.74 bits per heavy atom. The van der Waals surface area contributed by atoms with Gasteiger partial charge in [0.05, 0.1) is 26.1 Å². The number of hydrogen-bond donors (Lipinski definition) is 1. The number of anilines is 1. The van der Waals surface area contributed by atoms with Crippen LogP contribution in [0.3, 0.4) is 0 Å². The molecule has 0 radical (unpaired) electrons. The highest BCUT2D eigenvalue weighted by Crippen LogP contribution is 2.13. The van der Waals surface area contributed by atoms with E-state index in [4.69, 9.17) is 9.84 Å². The van der Waals surface area contributed by atoms with Crippen molar-refractivity contribution in [3.63, 3.8) is 0 Å². The summed E-state index contributed by atoms with van der Waals surface area (Å²) in [6.07, 6.45) is 3.37. The summed E-state index contributed by atoms with van der Waals surface area (Å²) >= 11 is 0. The Hall–Kier alpha value is -1.40. The third kappa shape index (κ3) is 4.65. The van der Waals surface area contributed by atoms with Crippen molar-refractivity contribution in [1.29, 1.82) is 0 Å². The quantitative estimate of drug-likeness (QED) is 0.864. The number of ether oxygens (including phenoxy) is 1. The zero-order chi connectivity index (χ0) is 14.1. The lowest BCUT2D eigenvalue weighted by Gasteiger charge is -2.34. The van der Waals surface area contributed by atoms with Gasteiger partial charge in [-0.1, -0.05) is 13.8 Å². The van der Waals surface area contributed by atoms with Crippen molar-refractivity contribution in [3.8, 4) is 5.75 Å². The molecule has 0 saturated carbocycles. The zero-order valence-electron chi connectivity index (χ0n) is 12.0. The van der Waals surface area contributed by atoms with Crippen molar-refractivity contribution < 1.29 is 9.84 Å². The summed E-state index contributed by atoms with van der Waals surface area (Å²) in [4.78, 5) is 12.9. The van der Waals surface area contributed by atoms with Crippen molar-refractivity contribution in [2.45, 2.75) is 13.8 Å². The van der Waals surface area contributed by atoms with E-state index in [2.05, 4.69) is 19.8 Å². The molecule has 0 aliphatic carbocycles. The van der Waals surface area contributed by atoms with Crippen molar-refractivity contribution in [3.05, 3.63) is 12.4 Å². The molecule has 1 saturated heterocycles. The molecule has 0 unspecified atom stereocenters. The van der Waals surface area contributed by atoms with E-state index < -0.39 is 0 Å². The van der Waals surface area contributed by atoms with Gasteiger partial charge in [0.2, 0.25) is 5.95 Å². The maximum Gasteiger partial charge on any atom is 0.225 e. The normalized spacial score (nSPS) is 15.7. The van der Waals surface area contributed by atoms with Crippen LogP contribution in [0.1, 0.15) is 13.8 Å². The molecular formula is C13H24N4O2. The third-order valence-corrected chi connectivity index (χ3v) is 2.92. The highest BCUT2D eigenvalue weighted by molar-refractivity contribution is 5.32. The predicted octanol–water partition coefficient (Wildman–Crippen LogP) is 0.626. The van der Waals surface area contributed by atoms with Crippen LogP contribution >= 0.6 is 0 Å². The van der Waals surface area contributed by atoms with Crippen LogP contribution < -0.4 is 9.64 Å². The highest BCUT2D eigenvalue weighted by Gasteiger charge is 2.18. The Bertz CT molecular complexity index is 337. The molecule has 1 aromatic heterocycles. The molecule has 0 amide bonds. The van der Waals surface area contributed by atoms with Gasteiger partial charge in [-0.05, 0) is 0 Å². The summed E-state index contributed by atoms with van der Waals surface area (Å²) in [5.74, 6) is 1.42. The molecule has 2 rings (SSSR count). The number of methoxy groups -OCH3 is 1. The smallest absolute Gasteiger partial charge is 0.225 e. The van der Waals surface area contributed by atoms with Crippen LogP contribution in [0, 0.1) is 0 Å². The highest BCUT2D eigenvalue weighted by atomic mass is 16.5. The number of rotatable bonds is 4. The molecular weight excluding hydrogens is 244 g/mol. The van der Waals surface area contributed by atoms with Crippen LogP contribution in [0.15, 0.2) is 12.4 Å². The summed E-state index contributed by atoms with van der Waals surface area (Å²) in [5, 5.41) is 8.87. The van der Waals surface area contributed by atoms with Crippen molar-refractivity contribution in [2.75, 3.05) is 51.3 Å². The molecule has 2 heterocycles. The van der Waals surface area contributed by atoms with Crippen molar-refractivity contribution >= 4 is 5.95 Å². The maximum atomic E-state index is 8.87. The van der Waals surface area contributed by atoms with Gasteiger partial charge < -0.3 is 14.7 Å². The van der Waals surface area contributed by atoms with Crippen LogP contribution in [0.25, 0.3) is 0 Å². The summed E-state index contributed by atoms with van der Waals surface area (Å²) < 4.78 is 5.03. The van der Waals surface area contributed by atoms with E-state index in [1.54, 1.807) is 19.5 Å². The number of piperazine rings is 1. The van der Waals surface area contributed by atoms with Gasteiger partial charge in [-0.25, -0.2) is 9.97 Å². The number of nitrogens with zero attached hydrogens (tertiary/aromatic N) is 4. The molecule has 0 bridgehead atoms. The number of aliphatic hydroxyl groups excluding tert-OH is 1. The van der Waals surface area contributed by atoms with E-state index in [9.17, 15) is 0 Å². The first-order valence-electron chi connectivity index (χ1n) is 6.77. The largest absolute Gasteiger partial charge is 0.494 e. The first-order valence-corrected chi connectivity index (χ1v) is 6.77. The first kappa shape index (κ1) is 15.7. The summed E-state index contributed by atoms with van der Waals surface area (Å²) in [7, 11) is 1.60. The van der Waals surface area contributed by atoms with Gasteiger partial charge in [0.1, 0.15) is 0 Å². The minimum Gasteiger partial charge on any atom is -0.494 e. The molecule has 0 aromatic carbocycles. The minimum absolute atomic E-state index is 0.221. The Balaban J connectivity index is 0.000000861. The fourth-order valence-electron chi connectivity index (χ4n) is 1.89. The van der Waals surface area contributed by atoms with Gasteiger partial charge in [-0.3, -0.25) is 4.90 Å². The Labute approximate surface area is 115 Å². The molecule has 19 heavy (non-hydrogen) atoms. The molecule has 6 heteroatoms. The zero-order valence-corrected chi connectivity index (χ0v) is 12.0. The van der Waals surface area contributed by atoms with Crippen LogP contribution in [-0.4, -0.2) is 66.4 Å². The molecule has 0 spiro atoms. The Morgan fingerprint density at radius 3 is 2.21 bits per heavy atom. The molecule has 0 atom stereocenters. The number of β-amino-alcohol motifs (C(OH)–C–C–N with tert-alkyl or cyclic N) is 1. The second kappa shape index (κ2) is 8.66. The fourth-order valence-corrected chi connectivity index (χ4v) is 1.89. The second-order valence-electron chi connectivity index (χ2n) is 3.98. The average Bonchev–Trinajstić information content (AvgIpc) is 2.51. The van der Waals surface area contributed by atoms with Crippen molar-refractivity contribution in [2.24, 2.45) is 0 Å². The standard InChI is InChI=1S/C11H18N4O2.C2H6/c1-17-10-8-12-11(13-9-10)15-4-2-14(3-5-15)6-7-16;1-2/h8-9,16H,2-7H2,1H3;1-2H3. The molecule has 1 aromatic rings. The van der Waals surface area contributed by atoms with E-state index in [1.807, 2.05) is 13.8 Å². The SMILES string of the molecule is CC.COc1cnc(N2CCN(CCO)CC2)nc1. The number of aromatic nitrogens is 2. The van der Waals surface area contributed by atoms with Crippen LogP contribution in [0.2, 0.25) is 0 Å². The van der Waals surface area contributed by atoms with Gasteiger partial charge in [0.15, 0.2) is 5.75 Å². The Kier molecular flexibility index (Phi) is 7.14. The fraction of sp³-hybridized carbons (Fsp3) is 0.692. The lowest BCUT2D eigenvalue weighted by molar-refractivity contribution is 0.188. The van der Waals surface area contributed by atoms with Gasteiger partial charge in [-0.2, -0.15) is 0 Å². The summed E-state index contributed by atoms with van der Waals surface area (Å²) in [6.45, 7) is 8.64. The van der Waals surface area contributed by atoms with E-state index >= 15 is 0 Å². The first-order chi connectivity index (χ1) is 9.33. The average molecular weight is 268 g/mol. The van der Waals surface area contributed by atoms with Crippen LogP contribution in [-0.2, 0) is 0 Å². The molecule has 108 valence electrons. The monoisotopic (exact) mass is 268 g/mol. The molecule has 1 N–H and O–H groups in total. The molecule has 1 fully saturated rings. The Morgan fingerprint density at radius 1 is 1.16 bits per heavy atom. The lowest BCUT2D eigenvalue weighted by Crippen LogP contribution is -2.47. The van der Waals surface area contributed by atoms with Crippen molar-refractivity contribution in [1.82, 2.24) is 14.9 Å². The lowest BCUT2D eigenvalue weighted by atomic mass is 10.3. The molecule has 6 nitrogen and oxygen atoms in total. The second-order valence-corrected chi connectivity index (χ2v) is 3.98. The van der Waals surface area contributed by atoms with E-state index in [-0.39, 0.29) is 6.61 Å². The van der Waals surface area contributed by atoms with E-state index in [1.165, 1.54) is 0 Å². The summed E-state index contributed by atoms with van der Waals surface area (Å²) in [5.41, 5.74) is 0. The van der Waals surface area contributed by atoms with Gasteiger partial charge in [-0.15, -0.1) is 0 Å². The predicted molar refractivity (Wildman–Crippen MR) is 75.7 cm³/mol. The number of aliphatic hydroxyl groups is 1. The van der Waals surface area contributed by atoms with E-state index in [0.29, 0.717) is 5.75 Å². The maximum absolute atomic E-state index is 8.87. The van der Waals surface area contributed by atoms with Gasteiger partial charge in [0, 0.05) is 32.7 Å². The third-order valence-electron chi connectivity index (χ3n) is 2.92. The van der Waals surface area contributed by atoms with E-state index in [0.717, 1.165) is 38.7 Å². The molecule has 1 aliphatic heterocycles. The molecule has 1 aliphatic rings. The topological polar surface area (TPSA) is 61.7 Å². The van der Waals surface area contributed by atoms with Gasteiger partial charge in [0.25, 0.3) is 0 Å². The minimum atomic E-state index is 0.221. The van der Waals surface area contributed by atoms with Gasteiger partial charge >= 0.3 is 0 Å². The van der Waals surface area contributed by atoms with Crippen LogP contribution in [0.4, 0.5) is 5.95 Å². The summed E-state index contributed by atoms with van der Waals surface area (Å²) in [6, 6.07) is 0. The number of hydrogen-bond acceptors (Lipinski definition) is 6.